The molecule has 1 aromatic heterocycles. The normalized spacial score (nSPS) is 18.9. The van der Waals surface area contributed by atoms with E-state index in [1.807, 2.05) is 24.3 Å². The second kappa shape index (κ2) is 6.89. The standard InChI is InChI=1S/C21H17F3N2O2/c1-12-19(26-18-9-5-4-8-17(18)25-12)11-28-20(27)15-10-14(15)13-6-2-3-7-16(13)21(22,23)24/h2-9,14-15H,10-11H2,1H3. The van der Waals surface area contributed by atoms with Gasteiger partial charge in [0.15, 0.2) is 0 Å². The number of hydrogen-bond acceptors (Lipinski definition) is 4. The summed E-state index contributed by atoms with van der Waals surface area (Å²) in [7, 11) is 0. The van der Waals surface area contributed by atoms with Gasteiger partial charge in [-0.2, -0.15) is 13.2 Å². The molecule has 0 saturated heterocycles. The summed E-state index contributed by atoms with van der Waals surface area (Å²) in [6.45, 7) is 1.73. The van der Waals surface area contributed by atoms with Gasteiger partial charge in [0.1, 0.15) is 6.61 Å². The van der Waals surface area contributed by atoms with Crippen LogP contribution in [0.2, 0.25) is 0 Å². The van der Waals surface area contributed by atoms with E-state index in [1.54, 1.807) is 13.0 Å². The predicted molar refractivity (Wildman–Crippen MR) is 96.4 cm³/mol. The molecule has 0 bridgehead atoms. The molecule has 0 spiro atoms. The fraction of sp³-hybridized carbons (Fsp3) is 0.286. The van der Waals surface area contributed by atoms with Crippen LogP contribution in [0.25, 0.3) is 11.0 Å². The molecule has 3 aromatic rings. The Bertz CT molecular complexity index is 1050. The summed E-state index contributed by atoms with van der Waals surface area (Å²) in [5.74, 6) is -1.53. The number of rotatable bonds is 4. The van der Waals surface area contributed by atoms with E-state index in [0.717, 1.165) is 11.6 Å². The minimum atomic E-state index is -4.44. The zero-order valence-electron chi connectivity index (χ0n) is 15.0. The molecule has 0 aliphatic heterocycles. The smallest absolute Gasteiger partial charge is 0.416 e. The summed E-state index contributed by atoms with van der Waals surface area (Å²) < 4.78 is 44.9. The van der Waals surface area contributed by atoms with Crippen LogP contribution in [-0.2, 0) is 22.3 Å². The lowest BCUT2D eigenvalue weighted by atomic mass is 10.0. The lowest BCUT2D eigenvalue weighted by Gasteiger charge is -2.12. The molecule has 0 radical (unpaired) electrons. The number of alkyl halides is 3. The van der Waals surface area contributed by atoms with Crippen LogP contribution in [0.4, 0.5) is 13.2 Å². The van der Waals surface area contributed by atoms with Crippen LogP contribution in [-0.4, -0.2) is 15.9 Å². The summed E-state index contributed by atoms with van der Waals surface area (Å²) in [6.07, 6.45) is -4.08. The van der Waals surface area contributed by atoms with Crippen LogP contribution < -0.4 is 0 Å². The Morgan fingerprint density at radius 2 is 1.71 bits per heavy atom. The molecule has 7 heteroatoms. The maximum atomic E-state index is 13.2. The topological polar surface area (TPSA) is 52.1 Å². The highest BCUT2D eigenvalue weighted by Crippen LogP contribution is 2.51. The average molecular weight is 386 g/mol. The third-order valence-electron chi connectivity index (χ3n) is 4.95. The Labute approximate surface area is 159 Å². The van der Waals surface area contributed by atoms with Crippen LogP contribution in [0.1, 0.15) is 34.9 Å². The van der Waals surface area contributed by atoms with E-state index < -0.39 is 29.5 Å². The zero-order valence-corrected chi connectivity index (χ0v) is 15.0. The summed E-state index contributed by atoms with van der Waals surface area (Å²) in [5, 5.41) is 0. The second-order valence-electron chi connectivity index (χ2n) is 6.89. The molecule has 4 nitrogen and oxygen atoms in total. The van der Waals surface area contributed by atoms with Crippen LogP contribution in [0, 0.1) is 12.8 Å². The van der Waals surface area contributed by atoms with E-state index in [-0.39, 0.29) is 12.2 Å². The lowest BCUT2D eigenvalue weighted by Crippen LogP contribution is -2.12. The van der Waals surface area contributed by atoms with E-state index in [2.05, 4.69) is 9.97 Å². The number of esters is 1. The largest absolute Gasteiger partial charge is 0.459 e. The summed E-state index contributed by atoms with van der Waals surface area (Å²) >= 11 is 0. The monoisotopic (exact) mass is 386 g/mol. The maximum Gasteiger partial charge on any atom is 0.416 e. The van der Waals surface area contributed by atoms with Gasteiger partial charge < -0.3 is 4.74 Å². The Morgan fingerprint density at radius 1 is 1.07 bits per heavy atom. The molecule has 1 saturated carbocycles. The van der Waals surface area contributed by atoms with Gasteiger partial charge in [-0.05, 0) is 43.0 Å². The third kappa shape index (κ3) is 3.56. The van der Waals surface area contributed by atoms with Crippen molar-refractivity contribution in [1.82, 2.24) is 9.97 Å². The molecule has 4 rings (SSSR count). The number of carbonyl (C=O) groups excluding carboxylic acids is 1. The molecule has 144 valence electrons. The number of ether oxygens (including phenoxy) is 1. The Balaban J connectivity index is 1.45. The molecule has 0 amide bonds. The van der Waals surface area contributed by atoms with E-state index in [4.69, 9.17) is 4.74 Å². The molecular formula is C21H17F3N2O2. The van der Waals surface area contributed by atoms with Crippen molar-refractivity contribution in [2.45, 2.75) is 32.0 Å². The molecule has 1 aliphatic rings. The molecule has 1 fully saturated rings. The Hall–Kier alpha value is -2.96. The first-order chi connectivity index (χ1) is 13.3. The summed E-state index contributed by atoms with van der Waals surface area (Å²) in [6, 6.07) is 12.7. The van der Waals surface area contributed by atoms with Gasteiger partial charge in [0.25, 0.3) is 0 Å². The minimum Gasteiger partial charge on any atom is -0.459 e. The first-order valence-corrected chi connectivity index (χ1v) is 8.89. The molecule has 1 aliphatic carbocycles. The molecule has 2 aromatic carbocycles. The first kappa shape index (κ1) is 18.4. The molecule has 28 heavy (non-hydrogen) atoms. The molecule has 0 N–H and O–H groups in total. The van der Waals surface area contributed by atoms with Gasteiger partial charge in [-0.3, -0.25) is 4.79 Å². The van der Waals surface area contributed by atoms with Gasteiger partial charge in [-0.15, -0.1) is 0 Å². The van der Waals surface area contributed by atoms with Gasteiger partial charge in [0.05, 0.1) is 33.9 Å². The Morgan fingerprint density at radius 3 is 2.43 bits per heavy atom. The maximum absolute atomic E-state index is 13.2. The van der Waals surface area contributed by atoms with E-state index in [1.165, 1.54) is 12.1 Å². The number of halogens is 3. The Kier molecular flexibility index (Phi) is 4.53. The van der Waals surface area contributed by atoms with E-state index >= 15 is 0 Å². The van der Waals surface area contributed by atoms with Crippen molar-refractivity contribution in [1.29, 1.82) is 0 Å². The van der Waals surface area contributed by atoms with Crippen molar-refractivity contribution in [2.24, 2.45) is 5.92 Å². The van der Waals surface area contributed by atoms with Gasteiger partial charge in [-0.1, -0.05) is 30.3 Å². The number of nitrogens with zero attached hydrogens (tertiary/aromatic N) is 2. The average Bonchev–Trinajstić information content (AvgIpc) is 3.46. The van der Waals surface area contributed by atoms with Crippen molar-refractivity contribution >= 4 is 17.0 Å². The van der Waals surface area contributed by atoms with Crippen molar-refractivity contribution in [3.63, 3.8) is 0 Å². The van der Waals surface area contributed by atoms with Gasteiger partial charge in [-0.25, -0.2) is 9.97 Å². The SMILES string of the molecule is Cc1nc2ccccc2nc1COC(=O)C1CC1c1ccccc1C(F)(F)F. The summed E-state index contributed by atoms with van der Waals surface area (Å²) in [5.41, 5.74) is 2.11. The predicted octanol–water partition coefficient (Wildman–Crippen LogP) is 4.80. The van der Waals surface area contributed by atoms with Crippen LogP contribution >= 0.6 is 0 Å². The molecule has 1 heterocycles. The van der Waals surface area contributed by atoms with Crippen molar-refractivity contribution < 1.29 is 22.7 Å². The van der Waals surface area contributed by atoms with E-state index in [9.17, 15) is 18.0 Å². The fourth-order valence-electron chi connectivity index (χ4n) is 3.39. The van der Waals surface area contributed by atoms with Gasteiger partial charge in [0, 0.05) is 0 Å². The van der Waals surface area contributed by atoms with Crippen LogP contribution in [0.3, 0.4) is 0 Å². The highest BCUT2D eigenvalue weighted by molar-refractivity contribution is 5.78. The molecular weight excluding hydrogens is 369 g/mol. The quantitative estimate of drug-likeness (QED) is 0.604. The number of fused-ring (bicyclic) bond motifs is 1. The number of aromatic nitrogens is 2. The number of aryl methyl sites for hydroxylation is 1. The van der Waals surface area contributed by atoms with Crippen molar-refractivity contribution in [2.75, 3.05) is 0 Å². The number of benzene rings is 2. The highest BCUT2D eigenvalue weighted by atomic mass is 19.4. The van der Waals surface area contributed by atoms with Crippen LogP contribution in [0.15, 0.2) is 48.5 Å². The lowest BCUT2D eigenvalue weighted by molar-refractivity contribution is -0.147. The highest BCUT2D eigenvalue weighted by Gasteiger charge is 2.48. The van der Waals surface area contributed by atoms with Crippen molar-refractivity contribution in [3.8, 4) is 0 Å². The molecule has 2 atom stereocenters. The number of hydrogen-bond donors (Lipinski definition) is 0. The summed E-state index contributed by atoms with van der Waals surface area (Å²) in [4.78, 5) is 21.2. The molecule has 2 unspecified atom stereocenters. The fourth-order valence-corrected chi connectivity index (χ4v) is 3.39. The number of para-hydroxylation sites is 2. The minimum absolute atomic E-state index is 0.0490. The number of carbonyl (C=O) groups is 1. The van der Waals surface area contributed by atoms with Gasteiger partial charge >= 0.3 is 12.1 Å². The van der Waals surface area contributed by atoms with E-state index in [0.29, 0.717) is 23.3 Å². The van der Waals surface area contributed by atoms with Gasteiger partial charge in [0.2, 0.25) is 0 Å². The second-order valence-corrected chi connectivity index (χ2v) is 6.89. The van der Waals surface area contributed by atoms with Crippen molar-refractivity contribution in [3.05, 3.63) is 71.0 Å². The first-order valence-electron chi connectivity index (χ1n) is 8.89. The third-order valence-corrected chi connectivity index (χ3v) is 4.95. The zero-order chi connectivity index (χ0) is 19.9. The van der Waals surface area contributed by atoms with Crippen LogP contribution in [0.5, 0.6) is 0 Å².